The van der Waals surface area contributed by atoms with Crippen molar-refractivity contribution in [2.75, 3.05) is 20.1 Å². The van der Waals surface area contributed by atoms with Gasteiger partial charge in [-0.25, -0.2) is 0 Å². The van der Waals surface area contributed by atoms with Crippen molar-refractivity contribution in [3.05, 3.63) is 34.9 Å². The normalized spacial score (nSPS) is 18.1. The monoisotopic (exact) mass is 278 g/mol. The molecule has 0 bridgehead atoms. The van der Waals surface area contributed by atoms with E-state index in [1.165, 1.54) is 5.56 Å². The van der Waals surface area contributed by atoms with Gasteiger partial charge in [0.2, 0.25) is 0 Å². The van der Waals surface area contributed by atoms with Gasteiger partial charge in [0.05, 0.1) is 6.07 Å². The molecule has 0 spiro atoms. The van der Waals surface area contributed by atoms with Gasteiger partial charge in [0.25, 0.3) is 0 Å². The summed E-state index contributed by atoms with van der Waals surface area (Å²) in [7, 11) is 2.14. The minimum atomic E-state index is 0.0336. The fourth-order valence-electron chi connectivity index (χ4n) is 2.57. The highest BCUT2D eigenvalue weighted by Gasteiger charge is 2.35. The molecule has 0 atom stereocenters. The molecule has 1 aliphatic rings. The predicted octanol–water partition coefficient (Wildman–Crippen LogP) is 4.24. The van der Waals surface area contributed by atoms with E-state index in [1.807, 2.05) is 26.0 Å². The second kappa shape index (κ2) is 7.53. The number of benzene rings is 1. The number of nitrogens with zero attached hydrogens (tertiary/aromatic N) is 2. The molecule has 1 aliphatic heterocycles. The topological polar surface area (TPSA) is 27.0 Å². The average Bonchev–Trinajstić information content (AvgIpc) is 2.45. The molecule has 3 heteroatoms. The van der Waals surface area contributed by atoms with Crippen molar-refractivity contribution in [2.45, 2.75) is 38.5 Å². The second-order valence-corrected chi connectivity index (χ2v) is 5.36. The lowest BCUT2D eigenvalue weighted by Gasteiger charge is -2.39. The highest BCUT2D eigenvalue weighted by atomic mass is 35.5. The van der Waals surface area contributed by atoms with E-state index in [2.05, 4.69) is 30.1 Å². The standard InChI is InChI=1S/C14H17ClN2.C2H6/c1-17-10-7-14(6-9-16,8-11-17)12-2-4-13(15)5-3-12;1-2/h2-5H,6-8,10-11H2,1H3;1-2H3. The Balaban J connectivity index is 0.000000861. The largest absolute Gasteiger partial charge is 0.306 e. The Morgan fingerprint density at radius 1 is 1.21 bits per heavy atom. The summed E-state index contributed by atoms with van der Waals surface area (Å²) in [6, 6.07) is 10.4. The van der Waals surface area contributed by atoms with Crippen LogP contribution in [-0.4, -0.2) is 25.0 Å². The molecule has 19 heavy (non-hydrogen) atoms. The summed E-state index contributed by atoms with van der Waals surface area (Å²) >= 11 is 5.92. The smallest absolute Gasteiger partial charge is 0.0631 e. The highest BCUT2D eigenvalue weighted by Crippen LogP contribution is 2.38. The Morgan fingerprint density at radius 2 is 1.74 bits per heavy atom. The minimum absolute atomic E-state index is 0.0336. The molecule has 0 radical (unpaired) electrons. The van der Waals surface area contributed by atoms with Crippen molar-refractivity contribution in [2.24, 2.45) is 0 Å². The lowest BCUT2D eigenvalue weighted by Crippen LogP contribution is -2.40. The molecule has 0 unspecified atom stereocenters. The van der Waals surface area contributed by atoms with Crippen LogP contribution in [0.5, 0.6) is 0 Å². The van der Waals surface area contributed by atoms with Crippen molar-refractivity contribution < 1.29 is 0 Å². The third-order valence-corrected chi connectivity index (χ3v) is 4.07. The average molecular weight is 279 g/mol. The van der Waals surface area contributed by atoms with Crippen LogP contribution in [-0.2, 0) is 5.41 Å². The zero-order chi connectivity index (χ0) is 14.3. The first-order valence-electron chi connectivity index (χ1n) is 6.98. The molecule has 0 saturated carbocycles. The second-order valence-electron chi connectivity index (χ2n) is 4.93. The van der Waals surface area contributed by atoms with E-state index in [0.717, 1.165) is 31.0 Å². The Labute approximate surface area is 122 Å². The fraction of sp³-hybridized carbons (Fsp3) is 0.562. The molecule has 0 N–H and O–H groups in total. The Hall–Kier alpha value is -1.04. The molecule has 1 aromatic rings. The van der Waals surface area contributed by atoms with Gasteiger partial charge in [-0.2, -0.15) is 5.26 Å². The van der Waals surface area contributed by atoms with Crippen molar-refractivity contribution in [1.29, 1.82) is 5.26 Å². The van der Waals surface area contributed by atoms with E-state index in [-0.39, 0.29) is 5.41 Å². The van der Waals surface area contributed by atoms with E-state index in [0.29, 0.717) is 6.42 Å². The fourth-order valence-corrected chi connectivity index (χ4v) is 2.69. The van der Waals surface area contributed by atoms with Gasteiger partial charge in [0.15, 0.2) is 0 Å². The van der Waals surface area contributed by atoms with Gasteiger partial charge in [-0.1, -0.05) is 37.6 Å². The first-order chi connectivity index (χ1) is 9.16. The molecular formula is C16H23ClN2. The van der Waals surface area contributed by atoms with Crippen LogP contribution in [0, 0.1) is 11.3 Å². The van der Waals surface area contributed by atoms with Crippen LogP contribution in [0.1, 0.15) is 38.7 Å². The number of halogens is 1. The van der Waals surface area contributed by atoms with E-state index < -0.39 is 0 Å². The molecule has 2 rings (SSSR count). The molecule has 1 saturated heterocycles. The number of rotatable bonds is 2. The maximum absolute atomic E-state index is 9.08. The molecule has 1 fully saturated rings. The van der Waals surface area contributed by atoms with Gasteiger partial charge in [-0.05, 0) is 50.7 Å². The van der Waals surface area contributed by atoms with Gasteiger partial charge in [0.1, 0.15) is 0 Å². The lowest BCUT2D eigenvalue weighted by atomic mass is 9.71. The maximum atomic E-state index is 9.08. The number of hydrogen-bond donors (Lipinski definition) is 0. The van der Waals surface area contributed by atoms with Gasteiger partial charge in [0, 0.05) is 16.9 Å². The van der Waals surface area contributed by atoms with Crippen LogP contribution in [0.15, 0.2) is 24.3 Å². The van der Waals surface area contributed by atoms with Crippen molar-refractivity contribution in [3.63, 3.8) is 0 Å². The lowest BCUT2D eigenvalue weighted by molar-refractivity contribution is 0.189. The quantitative estimate of drug-likeness (QED) is 0.809. The molecule has 0 amide bonds. The number of likely N-dealkylation sites (tertiary alicyclic amines) is 1. The minimum Gasteiger partial charge on any atom is -0.306 e. The van der Waals surface area contributed by atoms with Crippen LogP contribution in [0.25, 0.3) is 0 Å². The number of piperidine rings is 1. The SMILES string of the molecule is CC.CN1CCC(CC#N)(c2ccc(Cl)cc2)CC1. The number of nitriles is 1. The van der Waals surface area contributed by atoms with E-state index in [4.69, 9.17) is 16.9 Å². The van der Waals surface area contributed by atoms with Gasteiger partial charge in [-0.15, -0.1) is 0 Å². The zero-order valence-corrected chi connectivity index (χ0v) is 12.9. The van der Waals surface area contributed by atoms with Gasteiger partial charge >= 0.3 is 0 Å². The van der Waals surface area contributed by atoms with Gasteiger partial charge < -0.3 is 4.90 Å². The van der Waals surface area contributed by atoms with E-state index >= 15 is 0 Å². The van der Waals surface area contributed by atoms with Crippen LogP contribution in [0.3, 0.4) is 0 Å². The van der Waals surface area contributed by atoms with Crippen molar-refractivity contribution >= 4 is 11.6 Å². The van der Waals surface area contributed by atoms with Crippen LogP contribution >= 0.6 is 11.6 Å². The Kier molecular flexibility index (Phi) is 6.34. The number of hydrogen-bond acceptors (Lipinski definition) is 2. The predicted molar refractivity (Wildman–Crippen MR) is 81.4 cm³/mol. The summed E-state index contributed by atoms with van der Waals surface area (Å²) in [6.07, 6.45) is 2.71. The third kappa shape index (κ3) is 3.96. The van der Waals surface area contributed by atoms with Gasteiger partial charge in [-0.3, -0.25) is 0 Å². The highest BCUT2D eigenvalue weighted by molar-refractivity contribution is 6.30. The van der Waals surface area contributed by atoms with Crippen molar-refractivity contribution in [1.82, 2.24) is 4.90 Å². The van der Waals surface area contributed by atoms with E-state index in [1.54, 1.807) is 0 Å². The molecule has 0 aromatic heterocycles. The summed E-state index contributed by atoms with van der Waals surface area (Å²) < 4.78 is 0. The summed E-state index contributed by atoms with van der Waals surface area (Å²) in [5.74, 6) is 0. The molecular weight excluding hydrogens is 256 g/mol. The first-order valence-corrected chi connectivity index (χ1v) is 7.36. The summed E-state index contributed by atoms with van der Waals surface area (Å²) in [5, 5.41) is 9.83. The molecule has 1 heterocycles. The molecule has 104 valence electrons. The summed E-state index contributed by atoms with van der Waals surface area (Å²) in [5.41, 5.74) is 1.29. The van der Waals surface area contributed by atoms with Crippen LogP contribution in [0.2, 0.25) is 5.02 Å². The summed E-state index contributed by atoms with van der Waals surface area (Å²) in [6.45, 7) is 6.12. The van der Waals surface area contributed by atoms with E-state index in [9.17, 15) is 0 Å². The maximum Gasteiger partial charge on any atom is 0.0631 e. The molecule has 1 aromatic carbocycles. The Bertz CT molecular complexity index is 411. The molecule has 2 nitrogen and oxygen atoms in total. The van der Waals surface area contributed by atoms with Crippen LogP contribution < -0.4 is 0 Å². The third-order valence-electron chi connectivity index (χ3n) is 3.82. The van der Waals surface area contributed by atoms with Crippen molar-refractivity contribution in [3.8, 4) is 6.07 Å². The first kappa shape index (κ1) is 16.0. The zero-order valence-electron chi connectivity index (χ0n) is 12.1. The summed E-state index contributed by atoms with van der Waals surface area (Å²) in [4.78, 5) is 2.32. The van der Waals surface area contributed by atoms with Crippen LogP contribution in [0.4, 0.5) is 0 Å². The molecule has 0 aliphatic carbocycles. The Morgan fingerprint density at radius 3 is 2.21 bits per heavy atom.